The largest absolute Gasteiger partial charge is 0.417 e. The van der Waals surface area contributed by atoms with E-state index in [0.29, 0.717) is 6.20 Å². The van der Waals surface area contributed by atoms with Crippen molar-refractivity contribution in [1.82, 2.24) is 4.98 Å². The minimum Gasteiger partial charge on any atom is -0.383 e. The Morgan fingerprint density at radius 1 is 1.47 bits per heavy atom. The van der Waals surface area contributed by atoms with Crippen LogP contribution in [0.2, 0.25) is 0 Å². The summed E-state index contributed by atoms with van der Waals surface area (Å²) in [6.07, 6.45) is -3.78. The molecule has 0 radical (unpaired) electrons. The molecular formula is C9H6ClF3N2. The van der Waals surface area contributed by atoms with Gasteiger partial charge in [-0.05, 0) is 6.07 Å². The van der Waals surface area contributed by atoms with Crippen LogP contribution in [-0.2, 0) is 6.18 Å². The summed E-state index contributed by atoms with van der Waals surface area (Å²) in [4.78, 5) is 3.41. The standard InChI is InChI=1S/C9H6ClF3N2/c10-3-1-2-6-4-7(9(11,12)13)5-15-8(6)14/h4-5H,3H2,(H2,14,15). The minimum absolute atomic E-state index is 0.0235. The first kappa shape index (κ1) is 11.7. The Bertz CT molecular complexity index is 418. The van der Waals surface area contributed by atoms with Crippen LogP contribution >= 0.6 is 11.6 Å². The molecule has 1 aromatic rings. The van der Waals surface area contributed by atoms with E-state index >= 15 is 0 Å². The van der Waals surface area contributed by atoms with Crippen molar-refractivity contribution in [3.8, 4) is 11.8 Å². The summed E-state index contributed by atoms with van der Waals surface area (Å²) in [6, 6.07) is 0.849. The first-order chi connectivity index (χ1) is 6.95. The van der Waals surface area contributed by atoms with Crippen LogP contribution in [-0.4, -0.2) is 10.9 Å². The Balaban J connectivity index is 3.17. The summed E-state index contributed by atoms with van der Waals surface area (Å²) in [5.74, 6) is 4.80. The van der Waals surface area contributed by atoms with E-state index in [2.05, 4.69) is 16.8 Å². The molecule has 0 aliphatic carbocycles. The summed E-state index contributed by atoms with van der Waals surface area (Å²) in [5, 5.41) is 0. The number of hydrogen-bond acceptors (Lipinski definition) is 2. The fraction of sp³-hybridized carbons (Fsp3) is 0.222. The molecule has 0 aliphatic rings. The van der Waals surface area contributed by atoms with Gasteiger partial charge in [0.2, 0.25) is 0 Å². The highest BCUT2D eigenvalue weighted by atomic mass is 35.5. The highest BCUT2D eigenvalue weighted by Gasteiger charge is 2.31. The maximum atomic E-state index is 12.3. The molecule has 0 spiro atoms. The van der Waals surface area contributed by atoms with Gasteiger partial charge in [-0.15, -0.1) is 11.6 Å². The molecule has 0 unspecified atom stereocenters. The zero-order valence-corrected chi connectivity index (χ0v) is 8.15. The number of halogens is 4. The van der Waals surface area contributed by atoms with E-state index in [0.717, 1.165) is 6.07 Å². The number of nitrogens with two attached hydrogens (primary N) is 1. The summed E-state index contributed by atoms with van der Waals surface area (Å²) >= 11 is 5.28. The van der Waals surface area contributed by atoms with E-state index in [4.69, 9.17) is 17.3 Å². The second-order valence-electron chi connectivity index (χ2n) is 2.59. The van der Waals surface area contributed by atoms with Gasteiger partial charge in [-0.1, -0.05) is 11.8 Å². The first-order valence-corrected chi connectivity index (χ1v) is 4.36. The predicted molar refractivity (Wildman–Crippen MR) is 51.2 cm³/mol. The lowest BCUT2D eigenvalue weighted by atomic mass is 10.2. The smallest absolute Gasteiger partial charge is 0.383 e. The van der Waals surface area contributed by atoms with Crippen LogP contribution in [0.3, 0.4) is 0 Å². The topological polar surface area (TPSA) is 38.9 Å². The Kier molecular flexibility index (Phi) is 3.43. The van der Waals surface area contributed by atoms with E-state index in [1.165, 1.54) is 0 Å². The van der Waals surface area contributed by atoms with E-state index in [1.54, 1.807) is 0 Å². The number of pyridine rings is 1. The van der Waals surface area contributed by atoms with Crippen molar-refractivity contribution in [2.24, 2.45) is 0 Å². The van der Waals surface area contributed by atoms with Crippen LogP contribution in [0.5, 0.6) is 0 Å². The highest BCUT2D eigenvalue weighted by Crippen LogP contribution is 2.29. The third-order valence-electron chi connectivity index (χ3n) is 1.54. The lowest BCUT2D eigenvalue weighted by Crippen LogP contribution is -2.07. The van der Waals surface area contributed by atoms with Gasteiger partial charge in [-0.25, -0.2) is 4.98 Å². The van der Waals surface area contributed by atoms with Crippen molar-refractivity contribution >= 4 is 17.4 Å². The number of aromatic nitrogens is 1. The quantitative estimate of drug-likeness (QED) is 0.553. The van der Waals surface area contributed by atoms with E-state index in [1.807, 2.05) is 0 Å². The Morgan fingerprint density at radius 3 is 2.67 bits per heavy atom. The van der Waals surface area contributed by atoms with Gasteiger partial charge < -0.3 is 5.73 Å². The molecule has 2 nitrogen and oxygen atoms in total. The molecule has 0 aliphatic heterocycles. The number of nitrogen functional groups attached to an aromatic ring is 1. The molecule has 0 saturated heterocycles. The number of alkyl halides is 4. The Hall–Kier alpha value is -1.41. The van der Waals surface area contributed by atoms with E-state index in [9.17, 15) is 13.2 Å². The third-order valence-corrected chi connectivity index (χ3v) is 1.67. The molecule has 80 valence electrons. The Labute approximate surface area is 89.2 Å². The maximum absolute atomic E-state index is 12.3. The summed E-state index contributed by atoms with van der Waals surface area (Å²) < 4.78 is 36.8. The maximum Gasteiger partial charge on any atom is 0.417 e. The number of rotatable bonds is 0. The fourth-order valence-electron chi connectivity index (χ4n) is 0.859. The third kappa shape index (κ3) is 3.03. The average Bonchev–Trinajstić information content (AvgIpc) is 2.15. The predicted octanol–water partition coefficient (Wildman–Crippen LogP) is 2.27. The van der Waals surface area contributed by atoms with Gasteiger partial charge in [0, 0.05) is 6.20 Å². The van der Waals surface area contributed by atoms with Crippen LogP contribution in [0.1, 0.15) is 11.1 Å². The zero-order chi connectivity index (χ0) is 11.5. The van der Waals surface area contributed by atoms with Gasteiger partial charge in [0.15, 0.2) is 0 Å². The van der Waals surface area contributed by atoms with Gasteiger partial charge >= 0.3 is 6.18 Å². The SMILES string of the molecule is Nc1ncc(C(F)(F)F)cc1C#CCCl. The summed E-state index contributed by atoms with van der Waals surface area (Å²) in [5.41, 5.74) is 4.50. The minimum atomic E-state index is -4.45. The van der Waals surface area contributed by atoms with E-state index in [-0.39, 0.29) is 17.3 Å². The van der Waals surface area contributed by atoms with Crippen molar-refractivity contribution in [2.75, 3.05) is 11.6 Å². The zero-order valence-electron chi connectivity index (χ0n) is 7.40. The Morgan fingerprint density at radius 2 is 2.13 bits per heavy atom. The van der Waals surface area contributed by atoms with Gasteiger partial charge in [-0.3, -0.25) is 0 Å². The van der Waals surface area contributed by atoms with Crippen molar-refractivity contribution in [2.45, 2.75) is 6.18 Å². The lowest BCUT2D eigenvalue weighted by molar-refractivity contribution is -0.137. The molecule has 6 heteroatoms. The fourth-order valence-corrected chi connectivity index (χ4v) is 0.926. The number of nitrogens with zero attached hydrogens (tertiary/aromatic N) is 1. The van der Waals surface area contributed by atoms with Crippen molar-refractivity contribution in [3.05, 3.63) is 23.4 Å². The molecule has 0 bridgehead atoms. The second kappa shape index (κ2) is 4.41. The number of anilines is 1. The van der Waals surface area contributed by atoms with Crippen molar-refractivity contribution in [1.29, 1.82) is 0 Å². The molecule has 15 heavy (non-hydrogen) atoms. The summed E-state index contributed by atoms with van der Waals surface area (Å²) in [6.45, 7) is 0. The molecular weight excluding hydrogens is 229 g/mol. The molecule has 0 aromatic carbocycles. The van der Waals surface area contributed by atoms with Crippen molar-refractivity contribution in [3.63, 3.8) is 0 Å². The van der Waals surface area contributed by atoms with Crippen molar-refractivity contribution < 1.29 is 13.2 Å². The highest BCUT2D eigenvalue weighted by molar-refractivity contribution is 6.19. The van der Waals surface area contributed by atoms with E-state index < -0.39 is 11.7 Å². The average molecular weight is 235 g/mol. The van der Waals surface area contributed by atoms with Gasteiger partial charge in [0.1, 0.15) is 5.82 Å². The van der Waals surface area contributed by atoms with Crippen LogP contribution in [0, 0.1) is 11.8 Å². The van der Waals surface area contributed by atoms with Crippen LogP contribution < -0.4 is 5.73 Å². The number of hydrogen-bond donors (Lipinski definition) is 1. The van der Waals surface area contributed by atoms with Crippen LogP contribution in [0.15, 0.2) is 12.3 Å². The molecule has 2 N–H and O–H groups in total. The molecule has 0 atom stereocenters. The van der Waals surface area contributed by atoms with Gasteiger partial charge in [-0.2, -0.15) is 13.2 Å². The molecule has 0 amide bonds. The van der Waals surface area contributed by atoms with Crippen LogP contribution in [0.4, 0.5) is 19.0 Å². The molecule has 0 fully saturated rings. The van der Waals surface area contributed by atoms with Gasteiger partial charge in [0.25, 0.3) is 0 Å². The lowest BCUT2D eigenvalue weighted by Gasteiger charge is -2.06. The van der Waals surface area contributed by atoms with Crippen LogP contribution in [0.25, 0.3) is 0 Å². The first-order valence-electron chi connectivity index (χ1n) is 3.82. The monoisotopic (exact) mass is 234 g/mol. The van der Waals surface area contributed by atoms with Gasteiger partial charge in [0.05, 0.1) is 17.0 Å². The summed E-state index contributed by atoms with van der Waals surface area (Å²) in [7, 11) is 0. The molecule has 1 rings (SSSR count). The molecule has 0 saturated carbocycles. The second-order valence-corrected chi connectivity index (χ2v) is 2.86. The molecule has 1 aromatic heterocycles. The molecule has 1 heterocycles. The normalized spacial score (nSPS) is 10.7.